The van der Waals surface area contributed by atoms with E-state index in [0.717, 1.165) is 29.6 Å². The van der Waals surface area contributed by atoms with Crippen molar-refractivity contribution in [3.8, 4) is 0 Å². The molecule has 3 rings (SSSR count). The standard InChI is InChI=1S/C15H26O/c1-9(2)12-7-5-10(3)13-8-6-11(4)15(13)14(12)16-15/h9-14H,5-8H2,1-4H3/t10-,11-,12+,13-,14?,15?/m1/s1. The lowest BCUT2D eigenvalue weighted by atomic mass is 9.78. The summed E-state index contributed by atoms with van der Waals surface area (Å²) in [5, 5.41) is 0. The van der Waals surface area contributed by atoms with E-state index in [0.29, 0.717) is 11.7 Å². The van der Waals surface area contributed by atoms with E-state index < -0.39 is 0 Å². The first-order valence-electron chi connectivity index (χ1n) is 7.25. The normalized spacial score (nSPS) is 55.7. The molecule has 6 atom stereocenters. The van der Waals surface area contributed by atoms with E-state index in [1.807, 2.05) is 0 Å². The minimum Gasteiger partial charge on any atom is -0.365 e. The van der Waals surface area contributed by atoms with E-state index in [1.54, 1.807) is 0 Å². The molecule has 3 aliphatic rings. The van der Waals surface area contributed by atoms with Crippen molar-refractivity contribution in [1.82, 2.24) is 0 Å². The van der Waals surface area contributed by atoms with Crippen molar-refractivity contribution in [1.29, 1.82) is 0 Å². The second-order valence-corrected chi connectivity index (χ2v) is 6.94. The summed E-state index contributed by atoms with van der Waals surface area (Å²) >= 11 is 0. The molecule has 0 aromatic carbocycles. The zero-order valence-corrected chi connectivity index (χ0v) is 11.2. The fourth-order valence-corrected chi connectivity index (χ4v) is 4.77. The second-order valence-electron chi connectivity index (χ2n) is 6.94. The smallest absolute Gasteiger partial charge is 0.101 e. The summed E-state index contributed by atoms with van der Waals surface area (Å²) in [7, 11) is 0. The summed E-state index contributed by atoms with van der Waals surface area (Å²) in [6.07, 6.45) is 6.26. The highest BCUT2D eigenvalue weighted by Gasteiger charge is 2.70. The quantitative estimate of drug-likeness (QED) is 0.614. The molecule has 0 bridgehead atoms. The molecule has 0 radical (unpaired) electrons. The summed E-state index contributed by atoms with van der Waals surface area (Å²) < 4.78 is 6.33. The molecular formula is C15H26O. The van der Waals surface area contributed by atoms with Crippen LogP contribution in [0.5, 0.6) is 0 Å². The second kappa shape index (κ2) is 3.48. The molecule has 3 fully saturated rings. The van der Waals surface area contributed by atoms with Gasteiger partial charge in [-0.15, -0.1) is 0 Å². The SMILES string of the molecule is CC(C)[C@@H]1CC[C@@H](C)[C@H]2CC[C@@H](C)C23OC13. The van der Waals surface area contributed by atoms with E-state index in [2.05, 4.69) is 27.7 Å². The van der Waals surface area contributed by atoms with Crippen molar-refractivity contribution in [3.05, 3.63) is 0 Å². The van der Waals surface area contributed by atoms with Gasteiger partial charge in [0.15, 0.2) is 0 Å². The highest BCUT2D eigenvalue weighted by Crippen LogP contribution is 2.64. The molecular weight excluding hydrogens is 196 g/mol. The van der Waals surface area contributed by atoms with Crippen LogP contribution in [0.1, 0.15) is 53.4 Å². The highest BCUT2D eigenvalue weighted by molar-refractivity contribution is 5.17. The number of hydrogen-bond donors (Lipinski definition) is 0. The Kier molecular flexibility index (Phi) is 2.41. The lowest BCUT2D eigenvalue weighted by molar-refractivity contribution is 0.143. The zero-order chi connectivity index (χ0) is 11.5. The lowest BCUT2D eigenvalue weighted by Gasteiger charge is -2.23. The van der Waals surface area contributed by atoms with Crippen LogP contribution in [0.3, 0.4) is 0 Å². The van der Waals surface area contributed by atoms with Crippen LogP contribution in [0.25, 0.3) is 0 Å². The van der Waals surface area contributed by atoms with Gasteiger partial charge in [-0.25, -0.2) is 0 Å². The molecule has 1 spiro atoms. The molecule has 1 heterocycles. The van der Waals surface area contributed by atoms with Crippen LogP contribution < -0.4 is 0 Å². The maximum Gasteiger partial charge on any atom is 0.101 e. The Bertz CT molecular complexity index is 285. The first-order chi connectivity index (χ1) is 7.57. The molecule has 1 heteroatoms. The molecule has 0 amide bonds. The third-order valence-electron chi connectivity index (χ3n) is 5.87. The van der Waals surface area contributed by atoms with Crippen LogP contribution >= 0.6 is 0 Å². The first kappa shape index (κ1) is 11.1. The van der Waals surface area contributed by atoms with Crippen LogP contribution in [0.15, 0.2) is 0 Å². The maximum atomic E-state index is 6.33. The fourth-order valence-electron chi connectivity index (χ4n) is 4.77. The van der Waals surface area contributed by atoms with Gasteiger partial charge >= 0.3 is 0 Å². The van der Waals surface area contributed by atoms with Gasteiger partial charge in [-0.2, -0.15) is 0 Å². The average Bonchev–Trinajstić information content (AvgIpc) is 2.85. The number of hydrogen-bond acceptors (Lipinski definition) is 1. The summed E-state index contributed by atoms with van der Waals surface area (Å²) in [6, 6.07) is 0. The van der Waals surface area contributed by atoms with Gasteiger partial charge in [0.25, 0.3) is 0 Å². The Morgan fingerprint density at radius 2 is 1.81 bits per heavy atom. The molecule has 0 N–H and O–H groups in total. The average molecular weight is 222 g/mol. The van der Waals surface area contributed by atoms with Crippen molar-refractivity contribution in [2.45, 2.75) is 65.1 Å². The van der Waals surface area contributed by atoms with Gasteiger partial charge in [-0.05, 0) is 55.3 Å². The Hall–Kier alpha value is -0.0400. The van der Waals surface area contributed by atoms with Crippen molar-refractivity contribution in [2.24, 2.45) is 29.6 Å². The molecule has 1 aliphatic heterocycles. The Labute approximate surface area is 99.9 Å². The predicted octanol–water partition coefficient (Wildman–Crippen LogP) is 3.87. The van der Waals surface area contributed by atoms with E-state index in [-0.39, 0.29) is 0 Å². The summed E-state index contributed by atoms with van der Waals surface area (Å²) in [6.45, 7) is 9.65. The molecule has 1 saturated heterocycles. The molecule has 92 valence electrons. The van der Waals surface area contributed by atoms with Crippen LogP contribution in [0.2, 0.25) is 0 Å². The van der Waals surface area contributed by atoms with Crippen molar-refractivity contribution < 1.29 is 4.74 Å². The number of ether oxygens (including phenoxy) is 1. The van der Waals surface area contributed by atoms with Crippen LogP contribution in [0, 0.1) is 29.6 Å². The van der Waals surface area contributed by atoms with Crippen molar-refractivity contribution >= 4 is 0 Å². The number of epoxide rings is 1. The molecule has 1 nitrogen and oxygen atoms in total. The Balaban J connectivity index is 1.90. The van der Waals surface area contributed by atoms with Gasteiger partial charge in [0, 0.05) is 0 Å². The molecule has 2 unspecified atom stereocenters. The van der Waals surface area contributed by atoms with E-state index in [1.165, 1.54) is 25.7 Å². The fraction of sp³-hybridized carbons (Fsp3) is 1.00. The van der Waals surface area contributed by atoms with Gasteiger partial charge in [0.1, 0.15) is 5.60 Å². The van der Waals surface area contributed by atoms with Crippen molar-refractivity contribution in [2.75, 3.05) is 0 Å². The van der Waals surface area contributed by atoms with Gasteiger partial charge in [-0.1, -0.05) is 27.7 Å². The van der Waals surface area contributed by atoms with Crippen LogP contribution in [-0.2, 0) is 4.74 Å². The molecule has 0 aromatic rings. The topological polar surface area (TPSA) is 12.5 Å². The van der Waals surface area contributed by atoms with Crippen LogP contribution in [-0.4, -0.2) is 11.7 Å². The van der Waals surface area contributed by atoms with E-state index >= 15 is 0 Å². The van der Waals surface area contributed by atoms with Crippen molar-refractivity contribution in [3.63, 3.8) is 0 Å². The van der Waals surface area contributed by atoms with Crippen LogP contribution in [0.4, 0.5) is 0 Å². The third kappa shape index (κ3) is 1.27. The predicted molar refractivity (Wildman–Crippen MR) is 66.2 cm³/mol. The minimum absolute atomic E-state index is 0.324. The van der Waals surface area contributed by atoms with E-state index in [4.69, 9.17) is 4.74 Å². The summed E-state index contributed by atoms with van der Waals surface area (Å²) in [5.74, 6) is 4.19. The first-order valence-corrected chi connectivity index (χ1v) is 7.25. The van der Waals surface area contributed by atoms with Gasteiger partial charge in [0.05, 0.1) is 6.10 Å². The molecule has 2 aliphatic carbocycles. The monoisotopic (exact) mass is 222 g/mol. The third-order valence-corrected chi connectivity index (χ3v) is 5.87. The van der Waals surface area contributed by atoms with Gasteiger partial charge in [-0.3, -0.25) is 0 Å². The Morgan fingerprint density at radius 3 is 2.50 bits per heavy atom. The van der Waals surface area contributed by atoms with E-state index in [9.17, 15) is 0 Å². The van der Waals surface area contributed by atoms with Gasteiger partial charge in [0.2, 0.25) is 0 Å². The zero-order valence-electron chi connectivity index (χ0n) is 11.2. The minimum atomic E-state index is 0.324. The molecule has 0 aromatic heterocycles. The number of rotatable bonds is 1. The molecule has 2 saturated carbocycles. The lowest BCUT2D eigenvalue weighted by Crippen LogP contribution is -2.31. The largest absolute Gasteiger partial charge is 0.365 e. The highest BCUT2D eigenvalue weighted by atomic mass is 16.6. The summed E-state index contributed by atoms with van der Waals surface area (Å²) in [5.41, 5.74) is 0.324. The molecule has 16 heavy (non-hydrogen) atoms. The van der Waals surface area contributed by atoms with Gasteiger partial charge < -0.3 is 4.74 Å². The Morgan fingerprint density at radius 1 is 1.06 bits per heavy atom. The maximum absolute atomic E-state index is 6.33. The summed E-state index contributed by atoms with van der Waals surface area (Å²) in [4.78, 5) is 0.